The van der Waals surface area contributed by atoms with Crippen LogP contribution in [-0.2, 0) is 9.53 Å². The number of hydrogen-bond donors (Lipinski definition) is 3. The highest BCUT2D eigenvalue weighted by Crippen LogP contribution is 2.28. The number of aliphatic imine (C=N–C) groups is 1. The summed E-state index contributed by atoms with van der Waals surface area (Å²) in [5, 5.41) is 9.10. The van der Waals surface area contributed by atoms with Gasteiger partial charge in [0.05, 0.1) is 6.54 Å². The number of nitrogens with zero attached hydrogens (tertiary/aromatic N) is 1. The van der Waals surface area contributed by atoms with Gasteiger partial charge in [-0.15, -0.1) is 0 Å². The predicted molar refractivity (Wildman–Crippen MR) is 105 cm³/mol. The summed E-state index contributed by atoms with van der Waals surface area (Å²) in [6.45, 7) is 4.52. The van der Waals surface area contributed by atoms with Crippen molar-refractivity contribution in [1.29, 1.82) is 0 Å². The summed E-state index contributed by atoms with van der Waals surface area (Å²) in [5.74, 6) is 1.30. The summed E-state index contributed by atoms with van der Waals surface area (Å²) in [7, 11) is 1.69. The average molecular weight is 411 g/mol. The molecule has 2 rings (SSSR count). The molecule has 0 unspecified atom stereocenters. The third-order valence-electron chi connectivity index (χ3n) is 3.92. The number of anilines is 1. The topological polar surface area (TPSA) is 74.8 Å². The molecule has 1 aliphatic carbocycles. The zero-order valence-corrected chi connectivity index (χ0v) is 16.5. The Hall–Kier alpha value is -1.60. The van der Waals surface area contributed by atoms with E-state index in [1.165, 1.54) is 12.8 Å². The highest BCUT2D eigenvalue weighted by atomic mass is 79.9. The highest BCUT2D eigenvalue weighted by Gasteiger charge is 2.20. The van der Waals surface area contributed by atoms with E-state index in [4.69, 9.17) is 4.74 Å². The monoisotopic (exact) mass is 410 g/mol. The molecule has 3 N–H and O–H groups in total. The van der Waals surface area contributed by atoms with E-state index in [0.717, 1.165) is 47.8 Å². The van der Waals surface area contributed by atoms with Crippen LogP contribution in [-0.4, -0.2) is 45.2 Å². The van der Waals surface area contributed by atoms with Crippen LogP contribution in [0.3, 0.4) is 0 Å². The SMILES string of the molecule is CN=C(NCCCOCC1CC1)NCC(=O)Nc1cc(Br)ccc1C. The minimum absolute atomic E-state index is 0.114. The van der Waals surface area contributed by atoms with Crippen molar-refractivity contribution in [2.45, 2.75) is 26.2 Å². The second-order valence-corrected chi connectivity index (χ2v) is 7.15. The van der Waals surface area contributed by atoms with Crippen LogP contribution in [0.5, 0.6) is 0 Å². The van der Waals surface area contributed by atoms with Crippen LogP contribution < -0.4 is 16.0 Å². The molecule has 7 heteroatoms. The Morgan fingerprint density at radius 1 is 1.36 bits per heavy atom. The normalized spacial score (nSPS) is 14.3. The van der Waals surface area contributed by atoms with Gasteiger partial charge in [0.1, 0.15) is 0 Å². The molecule has 0 bridgehead atoms. The first kappa shape index (κ1) is 19.7. The van der Waals surface area contributed by atoms with E-state index in [-0.39, 0.29) is 12.5 Å². The van der Waals surface area contributed by atoms with E-state index in [2.05, 4.69) is 36.9 Å². The number of aryl methyl sites for hydroxylation is 1. The van der Waals surface area contributed by atoms with Crippen molar-refractivity contribution in [1.82, 2.24) is 10.6 Å². The van der Waals surface area contributed by atoms with Crippen LogP contribution in [0.15, 0.2) is 27.7 Å². The predicted octanol–water partition coefficient (Wildman–Crippen LogP) is 2.68. The zero-order valence-electron chi connectivity index (χ0n) is 14.9. The molecule has 25 heavy (non-hydrogen) atoms. The third kappa shape index (κ3) is 7.88. The maximum Gasteiger partial charge on any atom is 0.243 e. The molecule has 0 spiro atoms. The van der Waals surface area contributed by atoms with Gasteiger partial charge in [-0.05, 0) is 49.8 Å². The second kappa shape index (κ2) is 10.4. The Bertz CT molecular complexity index is 603. The highest BCUT2D eigenvalue weighted by molar-refractivity contribution is 9.10. The van der Waals surface area contributed by atoms with Crippen LogP contribution in [0, 0.1) is 12.8 Å². The number of halogens is 1. The summed E-state index contributed by atoms with van der Waals surface area (Å²) in [4.78, 5) is 16.2. The Balaban J connectivity index is 1.61. The van der Waals surface area contributed by atoms with Gasteiger partial charge in [-0.25, -0.2) is 0 Å². The quantitative estimate of drug-likeness (QED) is 0.332. The van der Waals surface area contributed by atoms with E-state index >= 15 is 0 Å². The first-order valence-electron chi connectivity index (χ1n) is 8.66. The molecular weight excluding hydrogens is 384 g/mol. The molecule has 1 amide bonds. The fraction of sp³-hybridized carbons (Fsp3) is 0.556. The maximum absolute atomic E-state index is 12.1. The van der Waals surface area contributed by atoms with E-state index < -0.39 is 0 Å². The molecule has 1 aromatic carbocycles. The van der Waals surface area contributed by atoms with Crippen LogP contribution in [0.4, 0.5) is 5.69 Å². The molecule has 1 fully saturated rings. The van der Waals surface area contributed by atoms with Crippen molar-refractivity contribution >= 4 is 33.5 Å². The van der Waals surface area contributed by atoms with Crippen LogP contribution >= 0.6 is 15.9 Å². The third-order valence-corrected chi connectivity index (χ3v) is 4.42. The molecule has 1 aliphatic rings. The van der Waals surface area contributed by atoms with Crippen LogP contribution in [0.25, 0.3) is 0 Å². The van der Waals surface area contributed by atoms with Gasteiger partial charge in [0.15, 0.2) is 5.96 Å². The lowest BCUT2D eigenvalue weighted by atomic mass is 10.2. The summed E-state index contributed by atoms with van der Waals surface area (Å²) in [5.41, 5.74) is 1.82. The van der Waals surface area contributed by atoms with E-state index in [9.17, 15) is 4.79 Å². The van der Waals surface area contributed by atoms with Gasteiger partial charge in [-0.2, -0.15) is 0 Å². The van der Waals surface area contributed by atoms with Crippen molar-refractivity contribution in [2.75, 3.05) is 38.7 Å². The van der Waals surface area contributed by atoms with Gasteiger partial charge >= 0.3 is 0 Å². The lowest BCUT2D eigenvalue weighted by Gasteiger charge is -2.13. The van der Waals surface area contributed by atoms with Crippen molar-refractivity contribution in [3.63, 3.8) is 0 Å². The molecule has 138 valence electrons. The Kier molecular flexibility index (Phi) is 8.21. The van der Waals surface area contributed by atoms with Gasteiger partial charge in [0.25, 0.3) is 0 Å². The number of rotatable bonds is 9. The molecule has 0 aliphatic heterocycles. The van der Waals surface area contributed by atoms with Gasteiger partial charge < -0.3 is 20.7 Å². The number of benzene rings is 1. The van der Waals surface area contributed by atoms with E-state index in [0.29, 0.717) is 5.96 Å². The van der Waals surface area contributed by atoms with Gasteiger partial charge in [-0.1, -0.05) is 22.0 Å². The number of hydrogen-bond acceptors (Lipinski definition) is 3. The lowest BCUT2D eigenvalue weighted by molar-refractivity contribution is -0.115. The smallest absolute Gasteiger partial charge is 0.243 e. The minimum atomic E-state index is -0.114. The first-order chi connectivity index (χ1) is 12.1. The summed E-state index contributed by atoms with van der Waals surface area (Å²) in [6, 6.07) is 5.80. The number of carbonyl (C=O) groups excluding carboxylic acids is 1. The Morgan fingerprint density at radius 2 is 2.16 bits per heavy atom. The number of amides is 1. The summed E-state index contributed by atoms with van der Waals surface area (Å²) >= 11 is 3.41. The molecule has 6 nitrogen and oxygen atoms in total. The van der Waals surface area contributed by atoms with Crippen molar-refractivity contribution in [3.05, 3.63) is 28.2 Å². The molecule has 1 saturated carbocycles. The van der Waals surface area contributed by atoms with Gasteiger partial charge in [0.2, 0.25) is 5.91 Å². The molecular formula is C18H27BrN4O2. The Morgan fingerprint density at radius 3 is 2.88 bits per heavy atom. The molecule has 1 aromatic rings. The second-order valence-electron chi connectivity index (χ2n) is 6.23. The van der Waals surface area contributed by atoms with Crippen molar-refractivity contribution < 1.29 is 9.53 Å². The maximum atomic E-state index is 12.1. The van der Waals surface area contributed by atoms with E-state index in [1.807, 2.05) is 25.1 Å². The number of nitrogens with one attached hydrogen (secondary N) is 3. The van der Waals surface area contributed by atoms with Crippen molar-refractivity contribution in [3.8, 4) is 0 Å². The Labute approximate surface area is 157 Å². The fourth-order valence-corrected chi connectivity index (χ4v) is 2.58. The summed E-state index contributed by atoms with van der Waals surface area (Å²) < 4.78 is 6.52. The van der Waals surface area contributed by atoms with E-state index in [1.54, 1.807) is 7.05 Å². The molecule has 0 atom stereocenters. The van der Waals surface area contributed by atoms with Crippen LogP contribution in [0.2, 0.25) is 0 Å². The standard InChI is InChI=1S/C18H27BrN4O2/c1-13-4-7-15(19)10-16(13)23-17(24)11-22-18(20-2)21-8-3-9-25-12-14-5-6-14/h4,7,10,14H,3,5-6,8-9,11-12H2,1-2H3,(H,23,24)(H2,20,21,22). The molecule has 0 saturated heterocycles. The lowest BCUT2D eigenvalue weighted by Crippen LogP contribution is -2.41. The zero-order chi connectivity index (χ0) is 18.1. The number of guanidine groups is 1. The first-order valence-corrected chi connectivity index (χ1v) is 9.46. The van der Waals surface area contributed by atoms with Gasteiger partial charge in [0, 0.05) is 37.0 Å². The minimum Gasteiger partial charge on any atom is -0.381 e. The fourth-order valence-electron chi connectivity index (χ4n) is 2.22. The van der Waals surface area contributed by atoms with Crippen LogP contribution in [0.1, 0.15) is 24.8 Å². The average Bonchev–Trinajstić information content (AvgIpc) is 3.41. The summed E-state index contributed by atoms with van der Waals surface area (Å²) in [6.07, 6.45) is 3.55. The van der Waals surface area contributed by atoms with Gasteiger partial charge in [-0.3, -0.25) is 9.79 Å². The number of carbonyl (C=O) groups is 1. The van der Waals surface area contributed by atoms with Crippen molar-refractivity contribution in [2.24, 2.45) is 10.9 Å². The molecule has 0 radical (unpaired) electrons. The molecule has 0 aromatic heterocycles. The largest absolute Gasteiger partial charge is 0.381 e. The number of ether oxygens (including phenoxy) is 1. The molecule has 0 heterocycles.